The molecule has 0 radical (unpaired) electrons. The van der Waals surface area contributed by atoms with Crippen LogP contribution < -0.4 is 20.9 Å². The fourth-order valence-electron chi connectivity index (χ4n) is 4.22. The molecule has 0 aromatic carbocycles. The van der Waals surface area contributed by atoms with Crippen LogP contribution in [0, 0.1) is 6.92 Å². The van der Waals surface area contributed by atoms with Crippen LogP contribution >= 0.6 is 0 Å². The molecule has 1 fully saturated rings. The Bertz CT molecular complexity index is 1160. The number of hydrogen-bond donors (Lipinski definition) is 3. The molecule has 10 nitrogen and oxygen atoms in total. The number of carbonyl (C=O) groups is 1. The molecule has 2 atom stereocenters. The first-order valence-corrected chi connectivity index (χ1v) is 11.7. The number of carbonyl (C=O) groups excluding carboxylic acids is 1. The first-order valence-electron chi connectivity index (χ1n) is 10.2. The predicted molar refractivity (Wildman–Crippen MR) is 111 cm³/mol. The predicted octanol–water partition coefficient (Wildman–Crippen LogP) is 1.61. The normalized spacial score (nSPS) is 21.9. The Morgan fingerprint density at radius 3 is 2.97 bits per heavy atom. The van der Waals surface area contributed by atoms with Crippen molar-refractivity contribution < 1.29 is 13.7 Å². The minimum absolute atomic E-state index is 0.0971. The van der Waals surface area contributed by atoms with Crippen LogP contribution in [-0.2, 0) is 29.3 Å². The van der Waals surface area contributed by atoms with Crippen molar-refractivity contribution in [1.29, 1.82) is 0 Å². The third-order valence-electron chi connectivity index (χ3n) is 5.84. The highest BCUT2D eigenvalue weighted by Crippen LogP contribution is 2.44. The number of aryl methyl sites for hydroxylation is 1. The Labute approximate surface area is 174 Å². The number of ether oxygens (including phenoxy) is 1. The van der Waals surface area contributed by atoms with E-state index in [-0.39, 0.29) is 23.4 Å². The van der Waals surface area contributed by atoms with E-state index >= 15 is 0 Å². The average molecular weight is 432 g/mol. The Morgan fingerprint density at radius 2 is 2.20 bits per heavy atom. The fourth-order valence-corrected chi connectivity index (χ4v) is 5.23. The van der Waals surface area contributed by atoms with Crippen molar-refractivity contribution in [2.45, 2.75) is 62.4 Å². The molecule has 5 rings (SSSR count). The monoisotopic (exact) mass is 431 g/mol. The highest BCUT2D eigenvalue weighted by atomic mass is 32.2. The van der Waals surface area contributed by atoms with Gasteiger partial charge in [0.15, 0.2) is 9.92 Å². The van der Waals surface area contributed by atoms with Crippen molar-refractivity contribution in [1.82, 2.24) is 14.8 Å². The second kappa shape index (κ2) is 7.03. The molecule has 30 heavy (non-hydrogen) atoms. The summed E-state index contributed by atoms with van der Waals surface area (Å²) in [7, 11) is -3.54. The number of fused-ring (bicyclic) bond motifs is 2. The lowest BCUT2D eigenvalue weighted by atomic mass is 10.0. The van der Waals surface area contributed by atoms with Crippen LogP contribution in [0.1, 0.15) is 47.7 Å². The van der Waals surface area contributed by atoms with E-state index in [1.165, 1.54) is 10.9 Å². The van der Waals surface area contributed by atoms with E-state index in [9.17, 15) is 9.00 Å². The molecule has 1 aliphatic heterocycles. The molecule has 3 aliphatic rings. The molecule has 0 bridgehead atoms. The summed E-state index contributed by atoms with van der Waals surface area (Å²) < 4.78 is 23.9. The SMILES string of the molecule is Cc1c(C2CC2)nc2c(c1NC(=O)N=S(N)(=O)c1cnn3c1OCC(N)C3)CCC2. The van der Waals surface area contributed by atoms with Crippen LogP contribution in [-0.4, -0.2) is 37.7 Å². The lowest BCUT2D eigenvalue weighted by Gasteiger charge is -2.21. The lowest BCUT2D eigenvalue weighted by molar-refractivity contribution is 0.200. The van der Waals surface area contributed by atoms with Gasteiger partial charge in [-0.1, -0.05) is 0 Å². The van der Waals surface area contributed by atoms with Crippen molar-refractivity contribution in [3.63, 3.8) is 0 Å². The summed E-state index contributed by atoms with van der Waals surface area (Å²) in [6.07, 6.45) is 6.34. The Kier molecular flexibility index (Phi) is 4.56. The van der Waals surface area contributed by atoms with Gasteiger partial charge in [-0.2, -0.15) is 5.10 Å². The number of pyridine rings is 1. The van der Waals surface area contributed by atoms with Gasteiger partial charge in [-0.05, 0) is 50.2 Å². The molecule has 1 saturated carbocycles. The number of nitrogens with one attached hydrogen (secondary N) is 1. The summed E-state index contributed by atoms with van der Waals surface area (Å²) in [5, 5.41) is 12.9. The fraction of sp³-hybridized carbons (Fsp3) is 0.526. The van der Waals surface area contributed by atoms with E-state index in [0.29, 0.717) is 12.5 Å². The number of nitrogens with two attached hydrogens (primary N) is 2. The van der Waals surface area contributed by atoms with Crippen molar-refractivity contribution in [2.24, 2.45) is 15.2 Å². The van der Waals surface area contributed by atoms with E-state index in [1.54, 1.807) is 0 Å². The first kappa shape index (κ1) is 19.5. The van der Waals surface area contributed by atoms with Gasteiger partial charge in [-0.3, -0.25) is 4.98 Å². The molecule has 3 heterocycles. The van der Waals surface area contributed by atoms with Gasteiger partial charge >= 0.3 is 6.03 Å². The molecule has 2 aliphatic carbocycles. The Hall–Kier alpha value is -2.50. The van der Waals surface area contributed by atoms with Gasteiger partial charge in [-0.15, -0.1) is 4.36 Å². The van der Waals surface area contributed by atoms with Gasteiger partial charge in [0.05, 0.1) is 24.5 Å². The third-order valence-corrected chi connectivity index (χ3v) is 7.18. The Balaban J connectivity index is 1.47. The van der Waals surface area contributed by atoms with Crippen molar-refractivity contribution in [3.05, 3.63) is 28.7 Å². The maximum atomic E-state index is 13.1. The number of nitrogens with zero attached hydrogens (tertiary/aromatic N) is 4. The zero-order chi connectivity index (χ0) is 21.0. The molecular weight excluding hydrogens is 406 g/mol. The molecule has 2 aromatic rings. The minimum Gasteiger partial charge on any atom is -0.475 e. The molecule has 5 N–H and O–H groups in total. The number of aromatic nitrogens is 3. The summed E-state index contributed by atoms with van der Waals surface area (Å²) in [6, 6.07) is -0.961. The molecule has 2 amide bonds. The summed E-state index contributed by atoms with van der Waals surface area (Å²) >= 11 is 0. The summed E-state index contributed by atoms with van der Waals surface area (Å²) in [4.78, 5) is 17.7. The van der Waals surface area contributed by atoms with Crippen LogP contribution in [0.2, 0.25) is 0 Å². The van der Waals surface area contributed by atoms with Gasteiger partial charge < -0.3 is 15.8 Å². The van der Waals surface area contributed by atoms with Crippen molar-refractivity contribution >= 4 is 21.6 Å². The van der Waals surface area contributed by atoms with Crippen LogP contribution in [0.15, 0.2) is 15.5 Å². The van der Waals surface area contributed by atoms with Crippen molar-refractivity contribution in [2.75, 3.05) is 11.9 Å². The Morgan fingerprint density at radius 1 is 1.40 bits per heavy atom. The number of rotatable bonds is 3. The molecule has 11 heteroatoms. The lowest BCUT2D eigenvalue weighted by Crippen LogP contribution is -2.37. The topological polar surface area (TPSA) is 151 Å². The maximum absolute atomic E-state index is 13.1. The number of anilines is 1. The van der Waals surface area contributed by atoms with Crippen LogP contribution in [0.3, 0.4) is 0 Å². The van der Waals surface area contributed by atoms with E-state index in [4.69, 9.17) is 20.6 Å². The first-order chi connectivity index (χ1) is 14.3. The van der Waals surface area contributed by atoms with Gasteiger partial charge in [0, 0.05) is 17.3 Å². The average Bonchev–Trinajstić information content (AvgIpc) is 3.25. The number of hydrogen-bond acceptors (Lipinski definition) is 6. The van der Waals surface area contributed by atoms with Crippen LogP contribution in [0.25, 0.3) is 0 Å². The summed E-state index contributed by atoms with van der Waals surface area (Å²) in [6.45, 7) is 2.65. The van der Waals surface area contributed by atoms with Crippen LogP contribution in [0.5, 0.6) is 5.88 Å². The van der Waals surface area contributed by atoms with E-state index in [1.807, 2.05) is 6.92 Å². The second-order valence-electron chi connectivity index (χ2n) is 8.21. The van der Waals surface area contributed by atoms with Crippen molar-refractivity contribution in [3.8, 4) is 5.88 Å². The molecule has 2 unspecified atom stereocenters. The minimum atomic E-state index is -3.54. The molecule has 0 spiro atoms. The highest BCUT2D eigenvalue weighted by molar-refractivity contribution is 7.91. The summed E-state index contributed by atoms with van der Waals surface area (Å²) in [5.41, 5.74) is 10.7. The van der Waals surface area contributed by atoms with E-state index in [0.717, 1.165) is 60.3 Å². The number of urea groups is 1. The van der Waals surface area contributed by atoms with Gasteiger partial charge in [0.2, 0.25) is 5.88 Å². The zero-order valence-electron chi connectivity index (χ0n) is 16.8. The summed E-state index contributed by atoms with van der Waals surface area (Å²) in [5.74, 6) is 0.711. The molecular formula is C19H25N7O3S. The van der Waals surface area contributed by atoms with Crippen LogP contribution in [0.4, 0.5) is 10.5 Å². The maximum Gasteiger partial charge on any atom is 0.354 e. The standard InChI is InChI=1S/C19H25N7O3S/c1-10-16(11-5-6-11)23-14-4-2-3-13(14)17(10)24-19(27)25-30(21,28)15-7-22-26-8-12(20)9-29-18(15)26/h7,11-12H,2-6,8-9,20H2,1H3,(H3,21,23,24,25,27,28). The van der Waals surface area contributed by atoms with Gasteiger partial charge in [0.1, 0.15) is 11.5 Å². The molecule has 0 saturated heterocycles. The molecule has 2 aromatic heterocycles. The van der Waals surface area contributed by atoms with E-state index < -0.39 is 15.9 Å². The van der Waals surface area contributed by atoms with Gasteiger partial charge in [-0.25, -0.2) is 18.8 Å². The smallest absolute Gasteiger partial charge is 0.354 e. The largest absolute Gasteiger partial charge is 0.475 e. The second-order valence-corrected chi connectivity index (χ2v) is 9.97. The van der Waals surface area contributed by atoms with Gasteiger partial charge in [0.25, 0.3) is 0 Å². The zero-order valence-corrected chi connectivity index (χ0v) is 17.6. The number of amides is 2. The third kappa shape index (κ3) is 3.36. The van der Waals surface area contributed by atoms with E-state index in [2.05, 4.69) is 14.8 Å². The highest BCUT2D eigenvalue weighted by Gasteiger charge is 2.32. The molecule has 160 valence electrons. The quantitative estimate of drug-likeness (QED) is 0.672.